The van der Waals surface area contributed by atoms with Gasteiger partial charge in [-0.05, 0) is 35.9 Å². The summed E-state index contributed by atoms with van der Waals surface area (Å²) in [5.41, 5.74) is 1.02. The van der Waals surface area contributed by atoms with Crippen LogP contribution in [0.2, 0.25) is 0 Å². The summed E-state index contributed by atoms with van der Waals surface area (Å²) < 4.78 is 15.6. The Bertz CT molecular complexity index is 754. The fourth-order valence-electron chi connectivity index (χ4n) is 2.05. The van der Waals surface area contributed by atoms with Crippen LogP contribution >= 0.6 is 11.6 Å². The average molecular weight is 345 g/mol. The molecule has 0 spiro atoms. The Hall–Kier alpha value is -2.72. The Labute approximate surface area is 145 Å². The quantitative estimate of drug-likeness (QED) is 0.623. The van der Waals surface area contributed by atoms with Crippen molar-refractivity contribution in [3.63, 3.8) is 0 Å². The minimum absolute atomic E-state index is 0.323. The van der Waals surface area contributed by atoms with E-state index in [4.69, 9.17) is 25.5 Å². The van der Waals surface area contributed by atoms with Gasteiger partial charge in [-0.25, -0.2) is 0 Å². The van der Waals surface area contributed by atoms with Crippen LogP contribution in [-0.4, -0.2) is 19.5 Å². The lowest BCUT2D eigenvalue weighted by atomic mass is 10.1. The Balaban J connectivity index is 0.000000292. The first-order valence-electron chi connectivity index (χ1n) is 7.17. The van der Waals surface area contributed by atoms with Crippen LogP contribution in [0.25, 0.3) is 11.3 Å². The van der Waals surface area contributed by atoms with Gasteiger partial charge in [0.25, 0.3) is 5.24 Å². The Kier molecular flexibility index (Phi) is 6.46. The molecule has 0 fully saturated rings. The van der Waals surface area contributed by atoms with E-state index in [0.29, 0.717) is 28.4 Å². The largest absolute Gasteiger partial charge is 0.493 e. The van der Waals surface area contributed by atoms with E-state index < -0.39 is 5.24 Å². The van der Waals surface area contributed by atoms with Gasteiger partial charge in [-0.3, -0.25) is 4.79 Å². The molecule has 124 valence electrons. The maximum Gasteiger partial charge on any atom is 0.256 e. The number of halogens is 1. The molecule has 1 heterocycles. The minimum Gasteiger partial charge on any atom is -0.493 e. The third-order valence-corrected chi connectivity index (χ3v) is 3.39. The molecule has 5 heteroatoms. The molecule has 0 unspecified atom stereocenters. The molecule has 0 aliphatic rings. The van der Waals surface area contributed by atoms with Crippen molar-refractivity contribution in [2.45, 2.75) is 0 Å². The van der Waals surface area contributed by atoms with Crippen molar-refractivity contribution in [1.82, 2.24) is 0 Å². The zero-order chi connectivity index (χ0) is 17.4. The Morgan fingerprint density at radius 3 is 2.00 bits per heavy atom. The van der Waals surface area contributed by atoms with Gasteiger partial charge in [-0.2, -0.15) is 0 Å². The third-order valence-electron chi connectivity index (χ3n) is 3.19. The van der Waals surface area contributed by atoms with Gasteiger partial charge in [0.1, 0.15) is 5.76 Å². The Morgan fingerprint density at radius 1 is 0.917 bits per heavy atom. The molecule has 3 aromatic rings. The molecule has 0 amide bonds. The lowest BCUT2D eigenvalue weighted by molar-refractivity contribution is 0.108. The summed E-state index contributed by atoms with van der Waals surface area (Å²) in [6.45, 7) is 0. The van der Waals surface area contributed by atoms with Crippen LogP contribution in [0.3, 0.4) is 0 Å². The van der Waals surface area contributed by atoms with Crippen LogP contribution in [0.4, 0.5) is 0 Å². The minimum atomic E-state index is -0.562. The fraction of sp³-hybridized carbons (Fsp3) is 0.105. The van der Waals surface area contributed by atoms with E-state index in [1.54, 1.807) is 25.3 Å². The molecule has 0 atom stereocenters. The summed E-state index contributed by atoms with van der Waals surface area (Å²) >= 11 is 5.48. The van der Waals surface area contributed by atoms with E-state index in [-0.39, 0.29) is 0 Å². The van der Waals surface area contributed by atoms with Crippen LogP contribution in [0.1, 0.15) is 10.4 Å². The van der Waals surface area contributed by atoms with Crippen LogP contribution < -0.4 is 9.47 Å². The van der Waals surface area contributed by atoms with Gasteiger partial charge in [0.2, 0.25) is 0 Å². The van der Waals surface area contributed by atoms with Crippen molar-refractivity contribution in [3.8, 4) is 22.8 Å². The molecule has 0 saturated heterocycles. The molecule has 0 radical (unpaired) electrons. The van der Waals surface area contributed by atoms with E-state index in [2.05, 4.69) is 0 Å². The number of furan rings is 1. The predicted octanol–water partition coefficient (Wildman–Crippen LogP) is 5.03. The molecule has 0 aliphatic carbocycles. The van der Waals surface area contributed by atoms with E-state index in [9.17, 15) is 4.79 Å². The van der Waals surface area contributed by atoms with Crippen LogP contribution in [0, 0.1) is 0 Å². The van der Waals surface area contributed by atoms with Crippen molar-refractivity contribution in [2.24, 2.45) is 0 Å². The molecule has 0 aliphatic heterocycles. The summed E-state index contributed by atoms with van der Waals surface area (Å²) in [5, 5.41) is -0.562. The van der Waals surface area contributed by atoms with Gasteiger partial charge in [0.05, 0.1) is 26.0 Å². The van der Waals surface area contributed by atoms with Crippen LogP contribution in [0.5, 0.6) is 11.5 Å². The highest BCUT2D eigenvalue weighted by atomic mass is 35.5. The number of carbonyl (C=O) groups is 1. The van der Waals surface area contributed by atoms with Crippen molar-refractivity contribution in [3.05, 3.63) is 72.5 Å². The average Bonchev–Trinajstić information content (AvgIpc) is 3.13. The lowest BCUT2D eigenvalue weighted by Gasteiger charge is -2.08. The summed E-state index contributed by atoms with van der Waals surface area (Å²) in [6, 6.07) is 18.8. The normalized spacial score (nSPS) is 9.62. The van der Waals surface area contributed by atoms with Gasteiger partial charge in [-0.1, -0.05) is 36.4 Å². The van der Waals surface area contributed by atoms with Gasteiger partial charge >= 0.3 is 0 Å². The standard InChI is InChI=1S/C13H11ClO4.C6H6/c1-16-10-4-3-8(7-11(10)17-2)12-9(13(14)15)5-6-18-12;1-2-4-6-5-3-1/h3-7H,1-2H3;1-6H. The molecule has 0 N–H and O–H groups in total. The third kappa shape index (κ3) is 4.40. The highest BCUT2D eigenvalue weighted by Crippen LogP contribution is 2.34. The molecule has 2 aromatic carbocycles. The maximum absolute atomic E-state index is 11.2. The molecule has 24 heavy (non-hydrogen) atoms. The summed E-state index contributed by atoms with van der Waals surface area (Å²) in [5.74, 6) is 1.57. The second-order valence-electron chi connectivity index (χ2n) is 4.66. The topological polar surface area (TPSA) is 48.7 Å². The number of carbonyl (C=O) groups excluding carboxylic acids is 1. The highest BCUT2D eigenvalue weighted by Gasteiger charge is 2.16. The first kappa shape index (κ1) is 17.6. The molecule has 0 saturated carbocycles. The number of benzene rings is 2. The van der Waals surface area contributed by atoms with Gasteiger partial charge in [0, 0.05) is 5.56 Å². The highest BCUT2D eigenvalue weighted by molar-refractivity contribution is 6.68. The van der Waals surface area contributed by atoms with E-state index in [0.717, 1.165) is 0 Å². The number of ether oxygens (including phenoxy) is 2. The zero-order valence-corrected chi connectivity index (χ0v) is 14.1. The van der Waals surface area contributed by atoms with Gasteiger partial charge < -0.3 is 13.9 Å². The van der Waals surface area contributed by atoms with Gasteiger partial charge in [0.15, 0.2) is 11.5 Å². The zero-order valence-electron chi connectivity index (χ0n) is 13.4. The summed E-state index contributed by atoms with van der Waals surface area (Å²) in [4.78, 5) is 11.2. The summed E-state index contributed by atoms with van der Waals surface area (Å²) in [7, 11) is 3.09. The first-order chi connectivity index (χ1) is 11.7. The number of methoxy groups -OCH3 is 2. The van der Waals surface area contributed by atoms with E-state index in [1.807, 2.05) is 36.4 Å². The predicted molar refractivity (Wildman–Crippen MR) is 93.9 cm³/mol. The number of hydrogen-bond donors (Lipinski definition) is 0. The molecule has 3 rings (SSSR count). The Morgan fingerprint density at radius 2 is 1.50 bits per heavy atom. The van der Waals surface area contributed by atoms with E-state index in [1.165, 1.54) is 19.4 Å². The van der Waals surface area contributed by atoms with Crippen molar-refractivity contribution in [1.29, 1.82) is 0 Å². The van der Waals surface area contributed by atoms with Crippen molar-refractivity contribution in [2.75, 3.05) is 14.2 Å². The smallest absolute Gasteiger partial charge is 0.256 e. The van der Waals surface area contributed by atoms with Crippen molar-refractivity contribution >= 4 is 16.8 Å². The van der Waals surface area contributed by atoms with Gasteiger partial charge in [-0.15, -0.1) is 0 Å². The molecular weight excluding hydrogens is 328 g/mol. The molecule has 0 bridgehead atoms. The molecule has 1 aromatic heterocycles. The fourth-order valence-corrected chi connectivity index (χ4v) is 2.20. The second kappa shape index (κ2) is 8.79. The number of rotatable bonds is 4. The maximum atomic E-state index is 11.2. The van der Waals surface area contributed by atoms with Crippen LogP contribution in [-0.2, 0) is 0 Å². The summed E-state index contributed by atoms with van der Waals surface area (Å²) in [6.07, 6.45) is 1.42. The van der Waals surface area contributed by atoms with E-state index >= 15 is 0 Å². The molecule has 4 nitrogen and oxygen atoms in total. The first-order valence-corrected chi connectivity index (χ1v) is 7.55. The number of hydrogen-bond acceptors (Lipinski definition) is 4. The lowest BCUT2D eigenvalue weighted by Crippen LogP contribution is -1.92. The second-order valence-corrected chi connectivity index (χ2v) is 5.00. The molecular formula is C19H17ClO4. The SMILES string of the molecule is COc1ccc(-c2occc2C(=O)Cl)cc1OC.c1ccccc1. The monoisotopic (exact) mass is 344 g/mol. The van der Waals surface area contributed by atoms with Crippen LogP contribution in [0.15, 0.2) is 71.3 Å². The van der Waals surface area contributed by atoms with Crippen molar-refractivity contribution < 1.29 is 18.7 Å².